The summed E-state index contributed by atoms with van der Waals surface area (Å²) in [7, 11) is 0. The monoisotopic (exact) mass is 486 g/mol. The average molecular weight is 487 g/mol. The van der Waals surface area contributed by atoms with Crippen LogP contribution in [0.1, 0.15) is 73.9 Å². The highest BCUT2D eigenvalue weighted by Crippen LogP contribution is 2.62. The number of hydrogen-bond donors (Lipinski definition) is 0. The first kappa shape index (κ1) is 23.6. The number of rotatable bonds is 5. The van der Waals surface area contributed by atoms with Crippen LogP contribution in [0.5, 0.6) is 5.75 Å². The molecule has 5 heteroatoms. The van der Waals surface area contributed by atoms with Crippen molar-refractivity contribution in [1.29, 1.82) is 0 Å². The van der Waals surface area contributed by atoms with Crippen molar-refractivity contribution in [3.05, 3.63) is 65.2 Å². The second-order valence-corrected chi connectivity index (χ2v) is 11.7. The molecule has 0 radical (unpaired) electrons. The number of ether oxygens (including phenoxy) is 4. The number of carbonyl (C=O) groups is 1. The molecule has 1 aliphatic heterocycles. The van der Waals surface area contributed by atoms with Gasteiger partial charge in [-0.25, -0.2) is 4.79 Å². The molecular formula is C31H34O5. The lowest BCUT2D eigenvalue weighted by molar-refractivity contribution is -0.141. The third-order valence-electron chi connectivity index (χ3n) is 8.43. The quantitative estimate of drug-likeness (QED) is 0.392. The Morgan fingerprint density at radius 2 is 1.69 bits per heavy atom. The van der Waals surface area contributed by atoms with Crippen LogP contribution in [0.2, 0.25) is 0 Å². The normalized spacial score (nSPS) is 31.5. The van der Waals surface area contributed by atoms with Crippen LogP contribution in [0.15, 0.2) is 48.5 Å². The van der Waals surface area contributed by atoms with E-state index in [4.69, 9.17) is 18.9 Å². The summed E-state index contributed by atoms with van der Waals surface area (Å²) in [6.45, 7) is 4.87. The molecule has 0 aromatic heterocycles. The molecule has 188 valence electrons. The van der Waals surface area contributed by atoms with Gasteiger partial charge in [-0.05, 0) is 112 Å². The molecule has 2 aromatic rings. The summed E-state index contributed by atoms with van der Waals surface area (Å²) in [5, 5.41) is 0. The van der Waals surface area contributed by atoms with Crippen LogP contribution in [-0.2, 0) is 19.6 Å². The molecule has 0 amide bonds. The van der Waals surface area contributed by atoms with Gasteiger partial charge in [0, 0.05) is 11.1 Å². The predicted molar refractivity (Wildman–Crippen MR) is 135 cm³/mol. The molecule has 1 atom stereocenters. The molecule has 1 heterocycles. The molecule has 5 aliphatic rings. The second kappa shape index (κ2) is 9.25. The van der Waals surface area contributed by atoms with Crippen LogP contribution in [0, 0.1) is 29.8 Å². The van der Waals surface area contributed by atoms with Crippen LogP contribution in [0.4, 0.5) is 0 Å². The topological polar surface area (TPSA) is 54.0 Å². The maximum Gasteiger partial charge on any atom is 0.352 e. The van der Waals surface area contributed by atoms with E-state index in [1.807, 2.05) is 44.2 Å². The summed E-state index contributed by atoms with van der Waals surface area (Å²) < 4.78 is 23.3. The molecule has 1 unspecified atom stereocenters. The van der Waals surface area contributed by atoms with Crippen LogP contribution < -0.4 is 4.74 Å². The van der Waals surface area contributed by atoms with E-state index in [2.05, 4.69) is 18.1 Å². The van der Waals surface area contributed by atoms with Crippen molar-refractivity contribution in [3.8, 4) is 17.8 Å². The molecule has 1 saturated heterocycles. The van der Waals surface area contributed by atoms with Gasteiger partial charge in [-0.1, -0.05) is 18.2 Å². The minimum Gasteiger partial charge on any atom is -0.490 e. The summed E-state index contributed by atoms with van der Waals surface area (Å²) in [6, 6.07) is 15.1. The van der Waals surface area contributed by atoms with E-state index in [-0.39, 0.29) is 11.5 Å². The zero-order chi connectivity index (χ0) is 24.8. The van der Waals surface area contributed by atoms with Gasteiger partial charge in [-0.3, -0.25) is 0 Å². The highest BCUT2D eigenvalue weighted by Gasteiger charge is 2.52. The number of hydrogen-bond acceptors (Lipinski definition) is 5. The molecule has 36 heavy (non-hydrogen) atoms. The van der Waals surface area contributed by atoms with Crippen LogP contribution in [0.3, 0.4) is 0 Å². The lowest BCUT2D eigenvalue weighted by Crippen LogP contribution is -2.48. The summed E-state index contributed by atoms with van der Waals surface area (Å²) in [5.41, 5.74) is 2.75. The molecular weight excluding hydrogens is 452 g/mol. The molecule has 0 spiro atoms. The fraction of sp³-hybridized carbons (Fsp3) is 0.516. The van der Waals surface area contributed by atoms with E-state index in [0.29, 0.717) is 18.8 Å². The van der Waals surface area contributed by atoms with Crippen molar-refractivity contribution in [2.75, 3.05) is 13.2 Å². The Balaban J connectivity index is 1.25. The van der Waals surface area contributed by atoms with Crippen LogP contribution in [0.25, 0.3) is 0 Å². The highest BCUT2D eigenvalue weighted by molar-refractivity contribution is 5.90. The third-order valence-corrected chi connectivity index (χ3v) is 8.43. The van der Waals surface area contributed by atoms with E-state index in [9.17, 15) is 4.79 Å². The molecule has 7 rings (SSSR count). The maximum absolute atomic E-state index is 12.3. The zero-order valence-electron chi connectivity index (χ0n) is 21.1. The Kier molecular flexibility index (Phi) is 6.06. The lowest BCUT2D eigenvalue weighted by atomic mass is 9.48. The fourth-order valence-electron chi connectivity index (χ4n) is 7.38. The summed E-state index contributed by atoms with van der Waals surface area (Å²) in [4.78, 5) is 12.3. The Hall–Kier alpha value is -2.81. The number of benzene rings is 2. The van der Waals surface area contributed by atoms with Gasteiger partial charge in [-0.2, -0.15) is 0 Å². The number of carbonyl (C=O) groups excluding carboxylic acids is 1. The molecule has 4 bridgehead atoms. The van der Waals surface area contributed by atoms with Gasteiger partial charge in [-0.15, -0.1) is 0 Å². The van der Waals surface area contributed by atoms with Crippen LogP contribution >= 0.6 is 0 Å². The zero-order valence-corrected chi connectivity index (χ0v) is 21.1. The fourth-order valence-corrected chi connectivity index (χ4v) is 7.38. The molecule has 5 fully saturated rings. The maximum atomic E-state index is 12.3. The average Bonchev–Trinajstić information content (AvgIpc) is 3.21. The van der Waals surface area contributed by atoms with Gasteiger partial charge in [0.1, 0.15) is 24.6 Å². The Morgan fingerprint density at radius 1 is 1.00 bits per heavy atom. The largest absolute Gasteiger partial charge is 0.490 e. The highest BCUT2D eigenvalue weighted by atomic mass is 16.7. The van der Waals surface area contributed by atoms with Gasteiger partial charge in [0.05, 0.1) is 12.2 Å². The van der Waals surface area contributed by atoms with Gasteiger partial charge in [0.25, 0.3) is 0 Å². The first-order valence-corrected chi connectivity index (χ1v) is 13.2. The second-order valence-electron chi connectivity index (χ2n) is 11.7. The van der Waals surface area contributed by atoms with Crippen molar-refractivity contribution in [1.82, 2.24) is 0 Å². The van der Waals surface area contributed by atoms with Crippen molar-refractivity contribution in [3.63, 3.8) is 0 Å². The van der Waals surface area contributed by atoms with Gasteiger partial charge < -0.3 is 18.9 Å². The summed E-state index contributed by atoms with van der Waals surface area (Å²) >= 11 is 0. The van der Waals surface area contributed by atoms with E-state index in [0.717, 1.165) is 29.1 Å². The molecule has 2 aromatic carbocycles. The minimum absolute atomic E-state index is 0.0823. The van der Waals surface area contributed by atoms with Gasteiger partial charge >= 0.3 is 5.97 Å². The summed E-state index contributed by atoms with van der Waals surface area (Å²) in [6.07, 6.45) is 10.4. The molecule has 0 N–H and O–H groups in total. The molecule has 4 saturated carbocycles. The van der Waals surface area contributed by atoms with Gasteiger partial charge in [0.15, 0.2) is 5.79 Å². The summed E-state index contributed by atoms with van der Waals surface area (Å²) in [5.74, 6) is 5.44. The first-order valence-electron chi connectivity index (χ1n) is 13.2. The molecule has 4 aliphatic carbocycles. The third kappa shape index (κ3) is 4.77. The smallest absolute Gasteiger partial charge is 0.352 e. The van der Waals surface area contributed by atoms with E-state index < -0.39 is 11.8 Å². The standard InChI is InChI=1S/C31H34O5/c1-30(2)35-20-26(36-30)19-34-28-9-8-21(10-11-33-29(32)25-6-4-3-5-7-25)15-27(28)31-16-22-12-23(17-31)14-24(13-22)18-31/h3-9,15,22-24,26H,12-14,16-20H2,1-2H3. The van der Waals surface area contributed by atoms with E-state index in [1.165, 1.54) is 44.1 Å². The SMILES string of the molecule is CC1(C)OCC(COc2ccc(C#COC(=O)c3ccccc3)cc2C23CC4CC(CC(C4)C2)C3)O1. The predicted octanol–water partition coefficient (Wildman–Crippen LogP) is 5.85. The minimum atomic E-state index is -0.562. The van der Waals surface area contributed by atoms with Crippen molar-refractivity contribution in [2.45, 2.75) is 69.7 Å². The Morgan fingerprint density at radius 3 is 2.33 bits per heavy atom. The Bertz CT molecular complexity index is 1150. The van der Waals surface area contributed by atoms with Crippen LogP contribution in [-0.4, -0.2) is 31.1 Å². The van der Waals surface area contributed by atoms with Crippen molar-refractivity contribution >= 4 is 5.97 Å². The number of esters is 1. The van der Waals surface area contributed by atoms with E-state index >= 15 is 0 Å². The van der Waals surface area contributed by atoms with Crippen molar-refractivity contribution < 1.29 is 23.7 Å². The van der Waals surface area contributed by atoms with Gasteiger partial charge in [0.2, 0.25) is 0 Å². The first-order chi connectivity index (χ1) is 17.4. The lowest BCUT2D eigenvalue weighted by Gasteiger charge is -2.57. The Labute approximate surface area is 213 Å². The molecule has 5 nitrogen and oxygen atoms in total. The van der Waals surface area contributed by atoms with E-state index in [1.54, 1.807) is 12.1 Å². The van der Waals surface area contributed by atoms with Crippen molar-refractivity contribution in [2.24, 2.45) is 17.8 Å².